The fourth-order valence-electron chi connectivity index (χ4n) is 1.56. The van der Waals surface area contributed by atoms with Gasteiger partial charge in [-0.1, -0.05) is 24.8 Å². The van der Waals surface area contributed by atoms with Crippen molar-refractivity contribution in [2.75, 3.05) is 6.61 Å². The molecule has 0 aliphatic carbocycles. The van der Waals surface area contributed by atoms with E-state index in [-0.39, 0.29) is 6.61 Å². The molecular formula is C15H16F3NO2. The third-order valence-electron chi connectivity index (χ3n) is 2.63. The average molecular weight is 299 g/mol. The Bertz CT molecular complexity index is 519. The molecule has 6 heteroatoms. The molecule has 1 aromatic carbocycles. The van der Waals surface area contributed by atoms with Crippen molar-refractivity contribution in [1.82, 2.24) is 0 Å². The van der Waals surface area contributed by atoms with E-state index in [2.05, 4.69) is 6.58 Å². The first-order valence-electron chi connectivity index (χ1n) is 6.22. The van der Waals surface area contributed by atoms with E-state index in [1.807, 2.05) is 0 Å². The number of carbonyl (C=O) groups excluding carboxylic acids is 1. The van der Waals surface area contributed by atoms with Crippen molar-refractivity contribution in [1.29, 1.82) is 0 Å². The van der Waals surface area contributed by atoms with Crippen LogP contribution in [0.4, 0.5) is 13.2 Å². The van der Waals surface area contributed by atoms with Crippen LogP contribution < -0.4 is 5.73 Å². The molecule has 1 rings (SSSR count). The number of carbonyl (C=O) groups is 1. The summed E-state index contributed by atoms with van der Waals surface area (Å²) in [4.78, 5) is 11.2. The second kappa shape index (κ2) is 7.52. The molecule has 1 aromatic rings. The average Bonchev–Trinajstić information content (AvgIpc) is 2.42. The number of nitrogens with two attached hydrogens (primary N) is 1. The highest BCUT2D eigenvalue weighted by Gasteiger charge is 2.29. The number of benzene rings is 1. The zero-order valence-electron chi connectivity index (χ0n) is 11.3. The summed E-state index contributed by atoms with van der Waals surface area (Å²) >= 11 is 0. The fraction of sp³-hybridized carbons (Fsp3) is 0.267. The first-order valence-corrected chi connectivity index (χ1v) is 6.22. The first kappa shape index (κ1) is 16.8. The normalized spacial score (nSPS) is 12.0. The molecule has 0 radical (unpaired) electrons. The Kier molecular flexibility index (Phi) is 6.02. The molecule has 0 saturated heterocycles. The van der Waals surface area contributed by atoms with Crippen LogP contribution in [0.1, 0.15) is 17.5 Å². The smallest absolute Gasteiger partial charge is 0.416 e. The Morgan fingerprint density at radius 3 is 2.43 bits per heavy atom. The second-order valence-electron chi connectivity index (χ2n) is 4.33. The van der Waals surface area contributed by atoms with E-state index in [1.165, 1.54) is 18.2 Å². The molecule has 0 amide bonds. The minimum Gasteiger partial charge on any atom is -0.458 e. The number of ether oxygens (including phenoxy) is 1. The van der Waals surface area contributed by atoms with E-state index in [1.54, 1.807) is 0 Å². The van der Waals surface area contributed by atoms with Crippen molar-refractivity contribution >= 4 is 5.97 Å². The monoisotopic (exact) mass is 299 g/mol. The molecule has 0 aromatic heterocycles. The highest BCUT2D eigenvalue weighted by atomic mass is 19.4. The second-order valence-corrected chi connectivity index (χ2v) is 4.33. The number of hydrogen-bond acceptors (Lipinski definition) is 3. The van der Waals surface area contributed by atoms with Crippen molar-refractivity contribution in [3.8, 4) is 0 Å². The molecule has 0 bridgehead atoms. The number of aryl methyl sites for hydroxylation is 1. The van der Waals surface area contributed by atoms with Gasteiger partial charge in [-0.2, -0.15) is 13.2 Å². The molecule has 0 heterocycles. The molecule has 0 fully saturated rings. The van der Waals surface area contributed by atoms with Crippen molar-refractivity contribution in [3.05, 3.63) is 59.8 Å². The molecule has 0 aliphatic heterocycles. The summed E-state index contributed by atoms with van der Waals surface area (Å²) < 4.78 is 41.9. The molecule has 3 nitrogen and oxygen atoms in total. The summed E-state index contributed by atoms with van der Waals surface area (Å²) in [6.07, 6.45) is -0.951. The molecule has 0 atom stereocenters. The molecule has 0 aliphatic rings. The van der Waals surface area contributed by atoms with E-state index in [0.717, 1.165) is 18.2 Å². The number of halogens is 3. The van der Waals surface area contributed by atoms with Gasteiger partial charge < -0.3 is 10.5 Å². The van der Waals surface area contributed by atoms with E-state index in [4.69, 9.17) is 10.5 Å². The van der Waals surface area contributed by atoms with Crippen LogP contribution in [-0.2, 0) is 22.1 Å². The van der Waals surface area contributed by atoms with Crippen molar-refractivity contribution in [2.24, 2.45) is 5.73 Å². The van der Waals surface area contributed by atoms with Crippen molar-refractivity contribution in [3.63, 3.8) is 0 Å². The highest BCUT2D eigenvalue weighted by molar-refractivity contribution is 5.82. The van der Waals surface area contributed by atoms with Crippen LogP contribution in [0.2, 0.25) is 0 Å². The van der Waals surface area contributed by atoms with Gasteiger partial charge in [0.2, 0.25) is 0 Å². The zero-order chi connectivity index (χ0) is 15.9. The Labute approximate surface area is 120 Å². The van der Waals surface area contributed by atoms with Gasteiger partial charge in [0.05, 0.1) is 5.56 Å². The van der Waals surface area contributed by atoms with Crippen LogP contribution in [0.25, 0.3) is 0 Å². The SMILES string of the molecule is C=CCOC(=O)/C=C(\N)CCc1ccc(C(F)(F)F)cc1. The van der Waals surface area contributed by atoms with E-state index in [0.29, 0.717) is 24.1 Å². The number of allylic oxidation sites excluding steroid dienone is 1. The summed E-state index contributed by atoms with van der Waals surface area (Å²) in [6, 6.07) is 4.83. The van der Waals surface area contributed by atoms with Crippen LogP contribution in [0, 0.1) is 0 Å². The van der Waals surface area contributed by atoms with Gasteiger partial charge in [-0.15, -0.1) is 0 Å². The van der Waals surface area contributed by atoms with Gasteiger partial charge in [0, 0.05) is 11.8 Å². The van der Waals surface area contributed by atoms with Gasteiger partial charge in [0.15, 0.2) is 0 Å². The molecule has 21 heavy (non-hydrogen) atoms. The number of alkyl halides is 3. The lowest BCUT2D eigenvalue weighted by atomic mass is 10.1. The molecular weight excluding hydrogens is 283 g/mol. The highest BCUT2D eigenvalue weighted by Crippen LogP contribution is 2.29. The van der Waals surface area contributed by atoms with E-state index in [9.17, 15) is 18.0 Å². The van der Waals surface area contributed by atoms with Crippen LogP contribution >= 0.6 is 0 Å². The number of esters is 1. The van der Waals surface area contributed by atoms with Crippen LogP contribution in [0.5, 0.6) is 0 Å². The summed E-state index contributed by atoms with van der Waals surface area (Å²) in [7, 11) is 0. The largest absolute Gasteiger partial charge is 0.458 e. The minimum atomic E-state index is -4.34. The maximum absolute atomic E-state index is 12.4. The van der Waals surface area contributed by atoms with E-state index >= 15 is 0 Å². The van der Waals surface area contributed by atoms with Crippen molar-refractivity contribution < 1.29 is 22.7 Å². The van der Waals surface area contributed by atoms with Gasteiger partial charge in [-0.3, -0.25) is 0 Å². The lowest BCUT2D eigenvalue weighted by Crippen LogP contribution is -2.07. The molecule has 2 N–H and O–H groups in total. The summed E-state index contributed by atoms with van der Waals surface area (Å²) in [6.45, 7) is 3.50. The third kappa shape index (κ3) is 6.16. The number of hydrogen-bond donors (Lipinski definition) is 1. The first-order chi connectivity index (χ1) is 9.82. The summed E-state index contributed by atoms with van der Waals surface area (Å²) in [5, 5.41) is 0. The van der Waals surface area contributed by atoms with Gasteiger partial charge >= 0.3 is 12.1 Å². The minimum absolute atomic E-state index is 0.0987. The molecule has 0 saturated carbocycles. The van der Waals surface area contributed by atoms with Gasteiger partial charge in [-0.05, 0) is 30.5 Å². The predicted octanol–water partition coefficient (Wildman–Crippen LogP) is 3.21. The van der Waals surface area contributed by atoms with Gasteiger partial charge in [0.1, 0.15) is 6.61 Å². The Morgan fingerprint density at radius 2 is 1.90 bits per heavy atom. The molecule has 0 unspecified atom stereocenters. The Hall–Kier alpha value is -2.24. The van der Waals surface area contributed by atoms with Crippen LogP contribution in [0.3, 0.4) is 0 Å². The molecule has 0 spiro atoms. The zero-order valence-corrected chi connectivity index (χ0v) is 11.3. The Balaban J connectivity index is 2.53. The quantitative estimate of drug-likeness (QED) is 0.498. The van der Waals surface area contributed by atoms with E-state index < -0.39 is 17.7 Å². The van der Waals surface area contributed by atoms with Gasteiger partial charge in [-0.25, -0.2) is 4.79 Å². The lowest BCUT2D eigenvalue weighted by Gasteiger charge is -2.07. The fourth-order valence-corrected chi connectivity index (χ4v) is 1.56. The lowest BCUT2D eigenvalue weighted by molar-refractivity contribution is -0.138. The summed E-state index contributed by atoms with van der Waals surface area (Å²) in [5.41, 5.74) is 5.97. The Morgan fingerprint density at radius 1 is 1.29 bits per heavy atom. The van der Waals surface area contributed by atoms with Gasteiger partial charge in [0.25, 0.3) is 0 Å². The standard InChI is InChI=1S/C15H16F3NO2/c1-2-9-21-14(20)10-13(19)8-5-11-3-6-12(7-4-11)15(16,17)18/h2-4,6-7,10H,1,5,8-9,19H2/b13-10-. The maximum atomic E-state index is 12.4. The van der Waals surface area contributed by atoms with Crippen LogP contribution in [-0.4, -0.2) is 12.6 Å². The topological polar surface area (TPSA) is 52.3 Å². The van der Waals surface area contributed by atoms with Crippen molar-refractivity contribution in [2.45, 2.75) is 19.0 Å². The summed E-state index contributed by atoms with van der Waals surface area (Å²) in [5.74, 6) is -0.570. The maximum Gasteiger partial charge on any atom is 0.416 e. The molecule has 114 valence electrons. The predicted molar refractivity (Wildman–Crippen MR) is 73.2 cm³/mol. The number of rotatable bonds is 6. The third-order valence-corrected chi connectivity index (χ3v) is 2.63. The van der Waals surface area contributed by atoms with Crippen LogP contribution in [0.15, 0.2) is 48.7 Å².